The molecular formula is C15H19N3O5S. The van der Waals surface area contributed by atoms with Gasteiger partial charge in [-0.3, -0.25) is 9.10 Å². The van der Waals surface area contributed by atoms with Gasteiger partial charge in [0.1, 0.15) is 11.5 Å². The molecule has 0 aliphatic carbocycles. The summed E-state index contributed by atoms with van der Waals surface area (Å²) in [5.74, 6) is 0.935. The lowest BCUT2D eigenvalue weighted by atomic mass is 10.3. The lowest BCUT2D eigenvalue weighted by Crippen LogP contribution is -2.33. The Labute approximate surface area is 140 Å². The van der Waals surface area contributed by atoms with Crippen molar-refractivity contribution in [2.24, 2.45) is 0 Å². The van der Waals surface area contributed by atoms with Crippen LogP contribution in [0.2, 0.25) is 0 Å². The van der Waals surface area contributed by atoms with E-state index in [0.29, 0.717) is 17.2 Å². The van der Waals surface area contributed by atoms with Crippen LogP contribution in [-0.4, -0.2) is 39.4 Å². The zero-order chi connectivity index (χ0) is 17.7. The van der Waals surface area contributed by atoms with Crippen molar-refractivity contribution in [3.8, 4) is 5.75 Å². The van der Waals surface area contributed by atoms with Crippen molar-refractivity contribution in [2.45, 2.75) is 13.3 Å². The lowest BCUT2D eigenvalue weighted by Gasteiger charge is -2.18. The van der Waals surface area contributed by atoms with Gasteiger partial charge in [0, 0.05) is 30.8 Å². The summed E-state index contributed by atoms with van der Waals surface area (Å²) in [6.45, 7) is 1.62. The molecule has 1 N–H and O–H groups in total. The second kappa shape index (κ2) is 7.35. The van der Waals surface area contributed by atoms with Crippen molar-refractivity contribution in [2.75, 3.05) is 29.5 Å². The molecule has 2 rings (SSSR count). The highest BCUT2D eigenvalue weighted by Crippen LogP contribution is 2.19. The van der Waals surface area contributed by atoms with Crippen LogP contribution < -0.4 is 14.4 Å². The van der Waals surface area contributed by atoms with Gasteiger partial charge in [-0.15, -0.1) is 0 Å². The number of carbonyl (C=O) groups excluding carboxylic acids is 1. The molecule has 0 fully saturated rings. The van der Waals surface area contributed by atoms with Crippen LogP contribution in [0, 0.1) is 6.92 Å². The first-order valence-electron chi connectivity index (χ1n) is 7.14. The molecule has 0 unspecified atom stereocenters. The Morgan fingerprint density at radius 1 is 1.38 bits per heavy atom. The highest BCUT2D eigenvalue weighted by Gasteiger charge is 2.21. The van der Waals surface area contributed by atoms with Gasteiger partial charge in [0.2, 0.25) is 15.9 Å². The monoisotopic (exact) mass is 353 g/mol. The zero-order valence-corrected chi connectivity index (χ0v) is 14.5. The van der Waals surface area contributed by atoms with Crippen LogP contribution in [0.15, 0.2) is 34.9 Å². The van der Waals surface area contributed by atoms with Crippen molar-refractivity contribution >= 4 is 27.4 Å². The number of sulfonamides is 1. The lowest BCUT2D eigenvalue weighted by molar-refractivity contribution is -0.116. The molecule has 0 bridgehead atoms. The number of benzene rings is 1. The van der Waals surface area contributed by atoms with E-state index in [-0.39, 0.29) is 24.7 Å². The highest BCUT2D eigenvalue weighted by molar-refractivity contribution is 7.92. The predicted octanol–water partition coefficient (Wildman–Crippen LogP) is 1.79. The Balaban J connectivity index is 2.02. The molecule has 1 heterocycles. The summed E-state index contributed by atoms with van der Waals surface area (Å²) >= 11 is 0. The van der Waals surface area contributed by atoms with E-state index in [1.54, 1.807) is 31.2 Å². The average Bonchev–Trinajstić information content (AvgIpc) is 2.92. The molecule has 0 atom stereocenters. The van der Waals surface area contributed by atoms with E-state index in [1.807, 2.05) is 0 Å². The molecule has 2 aromatic rings. The minimum Gasteiger partial charge on any atom is -0.497 e. The number of aromatic nitrogens is 1. The third kappa shape index (κ3) is 4.72. The van der Waals surface area contributed by atoms with E-state index in [1.165, 1.54) is 13.2 Å². The molecule has 1 amide bonds. The summed E-state index contributed by atoms with van der Waals surface area (Å²) in [7, 11) is -2.04. The summed E-state index contributed by atoms with van der Waals surface area (Å²) in [6, 6.07) is 8.40. The van der Waals surface area contributed by atoms with Gasteiger partial charge >= 0.3 is 0 Å². The fraction of sp³-hybridized carbons (Fsp3) is 0.333. The molecular weight excluding hydrogens is 334 g/mol. The van der Waals surface area contributed by atoms with E-state index < -0.39 is 10.0 Å². The number of methoxy groups -OCH3 is 1. The molecule has 8 nitrogen and oxygen atoms in total. The minimum absolute atomic E-state index is 0.0316. The topological polar surface area (TPSA) is 102 Å². The number of anilines is 2. The number of carbonyl (C=O) groups is 1. The predicted molar refractivity (Wildman–Crippen MR) is 89.7 cm³/mol. The number of hydrogen-bond donors (Lipinski definition) is 1. The Hall–Kier alpha value is -2.55. The van der Waals surface area contributed by atoms with Gasteiger partial charge in [-0.1, -0.05) is 11.2 Å². The first-order valence-corrected chi connectivity index (χ1v) is 8.99. The SMILES string of the molecule is COc1cccc(NC(=O)CCN(c2cc(C)on2)S(C)(=O)=O)c1. The van der Waals surface area contributed by atoms with Gasteiger partial charge in [-0.25, -0.2) is 8.42 Å². The summed E-state index contributed by atoms with van der Waals surface area (Å²) in [6.07, 6.45) is 1.02. The Morgan fingerprint density at radius 2 is 2.12 bits per heavy atom. The molecule has 24 heavy (non-hydrogen) atoms. The molecule has 0 aliphatic rings. The fourth-order valence-electron chi connectivity index (χ4n) is 2.05. The van der Waals surface area contributed by atoms with E-state index in [9.17, 15) is 13.2 Å². The molecule has 0 saturated heterocycles. The van der Waals surface area contributed by atoms with E-state index in [2.05, 4.69) is 10.5 Å². The standard InChI is InChI=1S/C15H19N3O5S/c1-11-9-14(17-23-11)18(24(3,20)21)8-7-15(19)16-12-5-4-6-13(10-12)22-2/h4-6,9-10H,7-8H2,1-3H3,(H,16,19). The number of nitrogens with zero attached hydrogens (tertiary/aromatic N) is 2. The van der Waals surface area contributed by atoms with Crippen LogP contribution in [0.3, 0.4) is 0 Å². The first-order chi connectivity index (χ1) is 11.3. The summed E-state index contributed by atoms with van der Waals surface area (Å²) in [4.78, 5) is 12.1. The van der Waals surface area contributed by atoms with E-state index in [0.717, 1.165) is 10.6 Å². The van der Waals surface area contributed by atoms with Crippen LogP contribution in [0.1, 0.15) is 12.2 Å². The number of nitrogens with one attached hydrogen (secondary N) is 1. The van der Waals surface area contributed by atoms with E-state index in [4.69, 9.17) is 9.26 Å². The number of rotatable bonds is 7. The summed E-state index contributed by atoms with van der Waals surface area (Å²) < 4.78 is 34.8. The second-order valence-electron chi connectivity index (χ2n) is 5.16. The minimum atomic E-state index is -3.57. The second-order valence-corrected chi connectivity index (χ2v) is 7.07. The molecule has 130 valence electrons. The number of hydrogen-bond acceptors (Lipinski definition) is 6. The zero-order valence-electron chi connectivity index (χ0n) is 13.6. The molecule has 1 aromatic heterocycles. The maximum absolute atomic E-state index is 12.1. The Bertz CT molecular complexity index is 816. The van der Waals surface area contributed by atoms with Crippen LogP contribution in [0.4, 0.5) is 11.5 Å². The molecule has 1 aromatic carbocycles. The smallest absolute Gasteiger partial charge is 0.233 e. The largest absolute Gasteiger partial charge is 0.497 e. The number of amides is 1. The van der Waals surface area contributed by atoms with Gasteiger partial charge in [-0.2, -0.15) is 0 Å². The average molecular weight is 353 g/mol. The molecule has 0 radical (unpaired) electrons. The maximum Gasteiger partial charge on any atom is 0.233 e. The van der Waals surface area contributed by atoms with Crippen LogP contribution in [0.25, 0.3) is 0 Å². The van der Waals surface area contributed by atoms with Crippen LogP contribution in [-0.2, 0) is 14.8 Å². The number of ether oxygens (including phenoxy) is 1. The fourth-order valence-corrected chi connectivity index (χ4v) is 2.90. The Morgan fingerprint density at radius 3 is 2.71 bits per heavy atom. The van der Waals surface area contributed by atoms with E-state index >= 15 is 0 Å². The quantitative estimate of drug-likeness (QED) is 0.814. The van der Waals surface area contributed by atoms with Gasteiger partial charge < -0.3 is 14.6 Å². The Kier molecular flexibility index (Phi) is 5.45. The highest BCUT2D eigenvalue weighted by atomic mass is 32.2. The van der Waals surface area contributed by atoms with Crippen LogP contribution in [0.5, 0.6) is 5.75 Å². The van der Waals surface area contributed by atoms with Crippen molar-refractivity contribution in [1.29, 1.82) is 0 Å². The van der Waals surface area contributed by atoms with Gasteiger partial charge in [0.15, 0.2) is 5.82 Å². The van der Waals surface area contributed by atoms with Gasteiger partial charge in [-0.05, 0) is 19.1 Å². The van der Waals surface area contributed by atoms with Crippen molar-refractivity contribution in [3.05, 3.63) is 36.1 Å². The third-order valence-electron chi connectivity index (χ3n) is 3.17. The molecule has 0 saturated carbocycles. The molecule has 9 heteroatoms. The van der Waals surface area contributed by atoms with Gasteiger partial charge in [0.05, 0.1) is 13.4 Å². The van der Waals surface area contributed by atoms with Crippen LogP contribution >= 0.6 is 0 Å². The number of aryl methyl sites for hydroxylation is 1. The van der Waals surface area contributed by atoms with Crippen molar-refractivity contribution in [1.82, 2.24) is 5.16 Å². The molecule has 0 aliphatic heterocycles. The summed E-state index contributed by atoms with van der Waals surface area (Å²) in [5, 5.41) is 6.39. The maximum atomic E-state index is 12.1. The normalized spacial score (nSPS) is 11.1. The van der Waals surface area contributed by atoms with Crippen molar-refractivity contribution in [3.63, 3.8) is 0 Å². The summed E-state index contributed by atoms with van der Waals surface area (Å²) in [5.41, 5.74) is 0.572. The third-order valence-corrected chi connectivity index (χ3v) is 4.34. The van der Waals surface area contributed by atoms with Gasteiger partial charge in [0.25, 0.3) is 0 Å². The van der Waals surface area contributed by atoms with Crippen molar-refractivity contribution < 1.29 is 22.5 Å². The molecule has 0 spiro atoms. The first kappa shape index (κ1) is 17.8.